The second-order valence-corrected chi connectivity index (χ2v) is 4.73. The summed E-state index contributed by atoms with van der Waals surface area (Å²) in [6, 6.07) is 10.4. The van der Waals surface area contributed by atoms with E-state index in [-0.39, 0.29) is 0 Å². The second-order valence-electron chi connectivity index (χ2n) is 1.97. The van der Waals surface area contributed by atoms with Crippen LogP contribution in [0.25, 0.3) is 0 Å². The van der Waals surface area contributed by atoms with Gasteiger partial charge in [0.2, 0.25) is 0 Å². The quantitative estimate of drug-likeness (QED) is 0.740. The van der Waals surface area contributed by atoms with Crippen LogP contribution in [0.3, 0.4) is 0 Å². The molecule has 0 saturated heterocycles. The van der Waals surface area contributed by atoms with Crippen molar-refractivity contribution >= 4 is 4.04 Å². The van der Waals surface area contributed by atoms with Crippen LogP contribution in [0.5, 0.6) is 0 Å². The summed E-state index contributed by atoms with van der Waals surface area (Å²) in [5.74, 6) is 0. The molecule has 0 radical (unpaired) electrons. The Hall–Kier alpha value is -0.158. The SMILES string of the molecule is C[CH](N)[Pd][c]1ccccc1. The Morgan fingerprint density at radius 3 is 2.40 bits per heavy atom. The van der Waals surface area contributed by atoms with Crippen molar-refractivity contribution in [2.45, 2.75) is 11.4 Å². The van der Waals surface area contributed by atoms with Crippen LogP contribution in [0, 0.1) is 0 Å². The first-order valence-corrected chi connectivity index (χ1v) is 4.84. The van der Waals surface area contributed by atoms with Crippen LogP contribution in [-0.4, -0.2) is 4.51 Å². The molecule has 0 aromatic heterocycles. The molecule has 0 aliphatic carbocycles. The Morgan fingerprint density at radius 1 is 1.30 bits per heavy atom. The fourth-order valence-corrected chi connectivity index (χ4v) is 2.05. The molecule has 10 heavy (non-hydrogen) atoms. The van der Waals surface area contributed by atoms with E-state index in [1.807, 2.05) is 13.0 Å². The van der Waals surface area contributed by atoms with E-state index in [2.05, 4.69) is 24.3 Å². The molecule has 0 amide bonds. The van der Waals surface area contributed by atoms with Gasteiger partial charge in [-0.2, -0.15) is 0 Å². The van der Waals surface area contributed by atoms with E-state index in [0.29, 0.717) is 22.5 Å². The molecule has 0 spiro atoms. The van der Waals surface area contributed by atoms with Gasteiger partial charge in [-0.05, 0) is 0 Å². The van der Waals surface area contributed by atoms with Gasteiger partial charge in [0, 0.05) is 0 Å². The van der Waals surface area contributed by atoms with Gasteiger partial charge < -0.3 is 0 Å². The van der Waals surface area contributed by atoms with Gasteiger partial charge in [0.25, 0.3) is 0 Å². The number of benzene rings is 1. The third-order valence-electron chi connectivity index (χ3n) is 0.962. The molecule has 0 saturated carbocycles. The van der Waals surface area contributed by atoms with Crippen molar-refractivity contribution in [1.29, 1.82) is 0 Å². The van der Waals surface area contributed by atoms with Crippen molar-refractivity contribution in [3.63, 3.8) is 0 Å². The number of hydrogen-bond donors (Lipinski definition) is 1. The molecule has 1 unspecified atom stereocenters. The van der Waals surface area contributed by atoms with Gasteiger partial charge in [-0.1, -0.05) is 0 Å². The molecule has 0 heterocycles. The van der Waals surface area contributed by atoms with Crippen LogP contribution in [0.1, 0.15) is 6.92 Å². The molecular weight excluding hydrogens is 217 g/mol. The summed E-state index contributed by atoms with van der Waals surface area (Å²) in [5.41, 5.74) is 5.65. The van der Waals surface area contributed by atoms with Gasteiger partial charge in [-0.15, -0.1) is 0 Å². The van der Waals surface area contributed by atoms with E-state index >= 15 is 0 Å². The first-order valence-electron chi connectivity index (χ1n) is 3.16. The summed E-state index contributed by atoms with van der Waals surface area (Å²) in [7, 11) is 0. The van der Waals surface area contributed by atoms with Crippen molar-refractivity contribution in [1.82, 2.24) is 0 Å². The Balaban J connectivity index is 2.59. The Morgan fingerprint density at radius 2 is 1.90 bits per heavy atom. The summed E-state index contributed by atoms with van der Waals surface area (Å²) in [4.78, 5) is 0. The minimum atomic E-state index is 0.316. The van der Waals surface area contributed by atoms with E-state index in [1.165, 1.54) is 4.04 Å². The Bertz CT molecular complexity index is 184. The van der Waals surface area contributed by atoms with Crippen molar-refractivity contribution in [2.24, 2.45) is 5.73 Å². The fraction of sp³-hybridized carbons (Fsp3) is 0.250. The van der Waals surface area contributed by atoms with Crippen molar-refractivity contribution < 1.29 is 18.0 Å². The molecule has 2 heteroatoms. The van der Waals surface area contributed by atoms with E-state index < -0.39 is 0 Å². The summed E-state index contributed by atoms with van der Waals surface area (Å²) >= 11 is 0.551. The standard InChI is InChI=1S/C6H5.C2H6N.Pd/c1-2-4-6-5-3-1;1-2-3;/h1-5H;2H,3H2,1H3;. The van der Waals surface area contributed by atoms with Crippen molar-refractivity contribution in [2.75, 3.05) is 0 Å². The van der Waals surface area contributed by atoms with Crippen LogP contribution in [-0.2, 0) is 18.0 Å². The van der Waals surface area contributed by atoms with Gasteiger partial charge in [-0.25, -0.2) is 0 Å². The predicted molar refractivity (Wildman–Crippen MR) is 39.7 cm³/mol. The molecule has 1 atom stereocenters. The maximum atomic E-state index is 5.65. The van der Waals surface area contributed by atoms with E-state index in [0.717, 1.165) is 0 Å². The third-order valence-corrected chi connectivity index (χ3v) is 2.71. The van der Waals surface area contributed by atoms with E-state index in [9.17, 15) is 0 Å². The molecule has 1 aromatic carbocycles. The van der Waals surface area contributed by atoms with Gasteiger partial charge in [-0.3, -0.25) is 0 Å². The summed E-state index contributed by atoms with van der Waals surface area (Å²) in [6.07, 6.45) is 0. The Labute approximate surface area is 69.8 Å². The number of rotatable bonds is 2. The molecule has 1 rings (SSSR count). The van der Waals surface area contributed by atoms with Gasteiger partial charge in [0.05, 0.1) is 0 Å². The van der Waals surface area contributed by atoms with Crippen LogP contribution >= 0.6 is 0 Å². The summed E-state index contributed by atoms with van der Waals surface area (Å²) < 4.78 is 1.68. The summed E-state index contributed by atoms with van der Waals surface area (Å²) in [5, 5.41) is 0. The number of nitrogens with two attached hydrogens (primary N) is 1. The molecule has 0 fully saturated rings. The maximum absolute atomic E-state index is 5.65. The first kappa shape index (κ1) is 7.94. The average Bonchev–Trinajstić information content (AvgIpc) is 1.88. The first-order chi connectivity index (χ1) is 4.79. The summed E-state index contributed by atoms with van der Waals surface area (Å²) in [6.45, 7) is 2.04. The van der Waals surface area contributed by atoms with Gasteiger partial charge in [0.15, 0.2) is 0 Å². The molecule has 2 N–H and O–H groups in total. The third kappa shape index (κ3) is 2.62. The molecule has 58 valence electrons. The molecule has 1 aromatic rings. The van der Waals surface area contributed by atoms with E-state index in [1.54, 1.807) is 0 Å². The average molecular weight is 228 g/mol. The van der Waals surface area contributed by atoms with Gasteiger partial charge >= 0.3 is 69.5 Å². The van der Waals surface area contributed by atoms with Crippen LogP contribution in [0.2, 0.25) is 0 Å². The van der Waals surface area contributed by atoms with Crippen molar-refractivity contribution in [3.8, 4) is 0 Å². The van der Waals surface area contributed by atoms with Crippen LogP contribution in [0.4, 0.5) is 0 Å². The van der Waals surface area contributed by atoms with Crippen molar-refractivity contribution in [3.05, 3.63) is 30.3 Å². The molecule has 0 aliphatic heterocycles. The molecule has 0 aliphatic rings. The normalized spacial score (nSPS) is 13.4. The number of hydrogen-bond acceptors (Lipinski definition) is 1. The Kier molecular flexibility index (Phi) is 3.08. The molecule has 1 nitrogen and oxygen atoms in total. The second kappa shape index (κ2) is 3.88. The zero-order chi connectivity index (χ0) is 7.40. The monoisotopic (exact) mass is 227 g/mol. The van der Waals surface area contributed by atoms with E-state index in [4.69, 9.17) is 5.73 Å². The van der Waals surface area contributed by atoms with Gasteiger partial charge in [0.1, 0.15) is 0 Å². The fourth-order valence-electron chi connectivity index (χ4n) is 0.630. The molecule has 0 bridgehead atoms. The molecular formula is C8H11NPd. The zero-order valence-electron chi connectivity index (χ0n) is 5.86. The predicted octanol–water partition coefficient (Wildman–Crippen LogP) is 0.699. The topological polar surface area (TPSA) is 26.0 Å². The van der Waals surface area contributed by atoms with Crippen LogP contribution < -0.4 is 9.77 Å². The zero-order valence-corrected chi connectivity index (χ0v) is 7.41. The van der Waals surface area contributed by atoms with Crippen LogP contribution in [0.15, 0.2) is 30.3 Å². The minimum absolute atomic E-state index is 0.316.